The van der Waals surface area contributed by atoms with E-state index in [1.165, 1.54) is 0 Å². The van der Waals surface area contributed by atoms with Crippen LogP contribution in [0.15, 0.2) is 0 Å². The molecule has 1 unspecified atom stereocenters. The zero-order chi connectivity index (χ0) is 6.41. The fourth-order valence-electron chi connectivity index (χ4n) is 0.359. The summed E-state index contributed by atoms with van der Waals surface area (Å²) in [6.07, 6.45) is 5.06. The van der Waals surface area contributed by atoms with Gasteiger partial charge in [-0.25, -0.2) is 0 Å². The Morgan fingerprint density at radius 3 is 2.88 bits per heavy atom. The van der Waals surface area contributed by atoms with Crippen molar-refractivity contribution < 1.29 is 0 Å². The Kier molecular flexibility index (Phi) is 4.33. The molecule has 46 valence electrons. The summed E-state index contributed by atoms with van der Waals surface area (Å²) in [5.41, 5.74) is 5.20. The van der Waals surface area contributed by atoms with E-state index >= 15 is 0 Å². The van der Waals surface area contributed by atoms with E-state index in [-0.39, 0.29) is 6.04 Å². The molecule has 0 spiro atoms. The maximum absolute atomic E-state index is 5.20. The van der Waals surface area contributed by atoms with Gasteiger partial charge in [-0.1, -0.05) is 5.92 Å². The summed E-state index contributed by atoms with van der Waals surface area (Å²) in [4.78, 5) is 0. The van der Waals surface area contributed by atoms with Crippen molar-refractivity contribution in [2.24, 2.45) is 5.73 Å². The van der Waals surface area contributed by atoms with Crippen molar-refractivity contribution in [1.29, 1.82) is 0 Å². The molecule has 8 heavy (non-hydrogen) atoms. The number of hydrogen-bond donors (Lipinski definition) is 2. The molecule has 0 aromatic carbocycles. The number of terminal acetylenes is 1. The first-order chi connectivity index (χ1) is 3.81. The normalized spacial score (nSPS) is 12.6. The maximum atomic E-state index is 5.20. The van der Waals surface area contributed by atoms with Gasteiger partial charge in [-0.3, -0.25) is 0 Å². The van der Waals surface area contributed by atoms with Crippen molar-refractivity contribution in [1.82, 2.24) is 5.32 Å². The first kappa shape index (κ1) is 7.48. The van der Waals surface area contributed by atoms with Crippen LogP contribution in [0.5, 0.6) is 0 Å². The standard InChI is InChI=1S/C6H12N2/c1-3-6(2)8-5-4-7/h1,6,8H,4-5,7H2,2H3. The highest BCUT2D eigenvalue weighted by atomic mass is 14.9. The minimum absolute atomic E-state index is 0.151. The first-order valence-corrected chi connectivity index (χ1v) is 2.71. The largest absolute Gasteiger partial charge is 0.329 e. The molecule has 0 rings (SSSR count). The molecule has 0 aliphatic carbocycles. The zero-order valence-corrected chi connectivity index (χ0v) is 5.15. The van der Waals surface area contributed by atoms with Crippen LogP contribution in [0.1, 0.15) is 6.92 Å². The molecule has 2 heteroatoms. The summed E-state index contributed by atoms with van der Waals surface area (Å²) in [6, 6.07) is 0.151. The van der Waals surface area contributed by atoms with Gasteiger partial charge >= 0.3 is 0 Å². The fourth-order valence-corrected chi connectivity index (χ4v) is 0.359. The van der Waals surface area contributed by atoms with E-state index in [1.54, 1.807) is 0 Å². The summed E-state index contributed by atoms with van der Waals surface area (Å²) in [5.74, 6) is 2.53. The quantitative estimate of drug-likeness (QED) is 0.486. The summed E-state index contributed by atoms with van der Waals surface area (Å²) in [5, 5.41) is 3.02. The molecule has 0 saturated carbocycles. The molecule has 3 N–H and O–H groups in total. The summed E-state index contributed by atoms with van der Waals surface area (Å²) in [7, 11) is 0. The molecule has 0 radical (unpaired) electrons. The Balaban J connectivity index is 3.02. The molecule has 0 aliphatic heterocycles. The molecule has 1 atom stereocenters. The molecule has 0 aliphatic rings. The zero-order valence-electron chi connectivity index (χ0n) is 5.15. The van der Waals surface area contributed by atoms with Crippen LogP contribution in [0.25, 0.3) is 0 Å². The second-order valence-electron chi connectivity index (χ2n) is 1.63. The SMILES string of the molecule is C#CC(C)NCCN. The fraction of sp³-hybridized carbons (Fsp3) is 0.667. The molecular weight excluding hydrogens is 100 g/mol. The first-order valence-electron chi connectivity index (χ1n) is 2.71. The Hall–Kier alpha value is -0.520. The maximum Gasteiger partial charge on any atom is 0.0658 e. The van der Waals surface area contributed by atoms with Crippen LogP contribution in [0, 0.1) is 12.3 Å². The second-order valence-corrected chi connectivity index (χ2v) is 1.63. The van der Waals surface area contributed by atoms with Crippen LogP contribution in [0.2, 0.25) is 0 Å². The van der Waals surface area contributed by atoms with Crippen LogP contribution in [-0.2, 0) is 0 Å². The lowest BCUT2D eigenvalue weighted by Gasteiger charge is -2.03. The third kappa shape index (κ3) is 3.66. The van der Waals surface area contributed by atoms with Gasteiger partial charge in [0.25, 0.3) is 0 Å². The lowest BCUT2D eigenvalue weighted by Crippen LogP contribution is -2.29. The van der Waals surface area contributed by atoms with Crippen LogP contribution in [0.4, 0.5) is 0 Å². The van der Waals surface area contributed by atoms with Crippen LogP contribution < -0.4 is 11.1 Å². The third-order valence-corrected chi connectivity index (χ3v) is 0.845. The molecule has 0 aromatic rings. The van der Waals surface area contributed by atoms with Gasteiger partial charge in [0.05, 0.1) is 6.04 Å². The van der Waals surface area contributed by atoms with Gasteiger partial charge in [-0.2, -0.15) is 0 Å². The van der Waals surface area contributed by atoms with Crippen molar-refractivity contribution in [3.8, 4) is 12.3 Å². The van der Waals surface area contributed by atoms with Crippen molar-refractivity contribution in [3.63, 3.8) is 0 Å². The summed E-state index contributed by atoms with van der Waals surface area (Å²) in [6.45, 7) is 3.37. The highest BCUT2D eigenvalue weighted by Gasteiger charge is 1.89. The lowest BCUT2D eigenvalue weighted by molar-refractivity contribution is 0.653. The highest BCUT2D eigenvalue weighted by molar-refractivity contribution is 4.95. The van der Waals surface area contributed by atoms with Crippen molar-refractivity contribution >= 4 is 0 Å². The van der Waals surface area contributed by atoms with Crippen LogP contribution in [0.3, 0.4) is 0 Å². The van der Waals surface area contributed by atoms with Gasteiger partial charge in [0.1, 0.15) is 0 Å². The minimum Gasteiger partial charge on any atom is -0.329 e. The number of rotatable bonds is 3. The van der Waals surface area contributed by atoms with Crippen LogP contribution in [-0.4, -0.2) is 19.1 Å². The van der Waals surface area contributed by atoms with Crippen molar-refractivity contribution in [2.75, 3.05) is 13.1 Å². The average Bonchev–Trinajstić information content (AvgIpc) is 1.83. The minimum atomic E-state index is 0.151. The van der Waals surface area contributed by atoms with Gasteiger partial charge < -0.3 is 11.1 Å². The monoisotopic (exact) mass is 112 g/mol. The average molecular weight is 112 g/mol. The van der Waals surface area contributed by atoms with Crippen molar-refractivity contribution in [2.45, 2.75) is 13.0 Å². The topological polar surface area (TPSA) is 38.0 Å². The van der Waals surface area contributed by atoms with Gasteiger partial charge in [0.15, 0.2) is 0 Å². The predicted octanol–water partition coefficient (Wildman–Crippen LogP) is -0.444. The van der Waals surface area contributed by atoms with E-state index in [1.807, 2.05) is 6.92 Å². The van der Waals surface area contributed by atoms with E-state index < -0.39 is 0 Å². The van der Waals surface area contributed by atoms with E-state index in [0.29, 0.717) is 6.54 Å². The van der Waals surface area contributed by atoms with Gasteiger partial charge in [0, 0.05) is 13.1 Å². The summed E-state index contributed by atoms with van der Waals surface area (Å²) < 4.78 is 0. The molecular formula is C6H12N2. The van der Waals surface area contributed by atoms with E-state index in [0.717, 1.165) is 6.54 Å². The van der Waals surface area contributed by atoms with Gasteiger partial charge in [0.2, 0.25) is 0 Å². The molecule has 0 heterocycles. The Morgan fingerprint density at radius 2 is 2.50 bits per heavy atom. The summed E-state index contributed by atoms with van der Waals surface area (Å²) >= 11 is 0. The van der Waals surface area contributed by atoms with E-state index in [9.17, 15) is 0 Å². The Labute approximate surface area is 50.5 Å². The van der Waals surface area contributed by atoms with E-state index in [4.69, 9.17) is 12.2 Å². The molecule has 0 bridgehead atoms. The third-order valence-electron chi connectivity index (χ3n) is 0.845. The molecule has 2 nitrogen and oxygen atoms in total. The number of hydrogen-bond acceptors (Lipinski definition) is 2. The van der Waals surface area contributed by atoms with Gasteiger partial charge in [-0.15, -0.1) is 6.42 Å². The van der Waals surface area contributed by atoms with Crippen molar-refractivity contribution in [3.05, 3.63) is 0 Å². The van der Waals surface area contributed by atoms with E-state index in [2.05, 4.69) is 11.2 Å². The molecule has 0 fully saturated rings. The lowest BCUT2D eigenvalue weighted by atomic mass is 10.3. The predicted molar refractivity (Wildman–Crippen MR) is 35.4 cm³/mol. The smallest absolute Gasteiger partial charge is 0.0658 e. The Morgan fingerprint density at radius 1 is 1.88 bits per heavy atom. The molecule has 0 amide bonds. The number of nitrogens with two attached hydrogens (primary N) is 1. The highest BCUT2D eigenvalue weighted by Crippen LogP contribution is 1.71. The Bertz CT molecular complexity index is 83.0. The van der Waals surface area contributed by atoms with Crippen LogP contribution >= 0.6 is 0 Å². The molecule has 0 aromatic heterocycles. The number of nitrogens with one attached hydrogen (secondary N) is 1. The molecule has 0 saturated heterocycles. The van der Waals surface area contributed by atoms with Gasteiger partial charge in [-0.05, 0) is 6.92 Å². The second kappa shape index (κ2) is 4.63.